The van der Waals surface area contributed by atoms with Crippen LogP contribution in [-0.4, -0.2) is 22.6 Å². The Kier molecular flexibility index (Phi) is 3.29. The van der Waals surface area contributed by atoms with Crippen molar-refractivity contribution in [2.45, 2.75) is 75.8 Å². The molecule has 0 aromatic heterocycles. The smallest absolute Gasteiger partial charge is 0.140 e. The standard InChI is InChI=1S/C20H30N2O2/c1-3-18-10-11-19(21)15(14(18)5-4-13(23)12-18)6-8-17(2)16(24)7-9-20(17,19)22/h3,14-15H,1,4-12,21-22H2,2H3/t14?,15-,17-,18-,19-,20?/m1/s1. The largest absolute Gasteiger partial charge is 0.323 e. The van der Waals surface area contributed by atoms with Gasteiger partial charge in [-0.25, -0.2) is 0 Å². The molecular weight excluding hydrogens is 300 g/mol. The number of carbonyl (C=O) groups excluding carboxylic acids is 2. The fraction of sp³-hybridized carbons (Fsp3) is 0.800. The molecule has 0 amide bonds. The van der Waals surface area contributed by atoms with Gasteiger partial charge in [-0.2, -0.15) is 0 Å². The topological polar surface area (TPSA) is 86.2 Å². The van der Waals surface area contributed by atoms with Crippen molar-refractivity contribution in [1.82, 2.24) is 0 Å². The molecule has 4 aliphatic rings. The number of carbonyl (C=O) groups is 2. The lowest BCUT2D eigenvalue weighted by Gasteiger charge is -2.66. The first-order valence-electron chi connectivity index (χ1n) is 9.49. The first-order chi connectivity index (χ1) is 11.2. The summed E-state index contributed by atoms with van der Waals surface area (Å²) in [5.74, 6) is 1.33. The van der Waals surface area contributed by atoms with E-state index in [0.29, 0.717) is 49.1 Å². The predicted octanol–water partition coefficient (Wildman–Crippen LogP) is 2.50. The van der Waals surface area contributed by atoms with Crippen molar-refractivity contribution in [3.63, 3.8) is 0 Å². The van der Waals surface area contributed by atoms with Crippen LogP contribution in [0.15, 0.2) is 12.7 Å². The van der Waals surface area contributed by atoms with Gasteiger partial charge >= 0.3 is 0 Å². The molecular formula is C20H30N2O2. The summed E-state index contributed by atoms with van der Waals surface area (Å²) in [6.07, 6.45) is 8.94. The second kappa shape index (κ2) is 4.79. The van der Waals surface area contributed by atoms with E-state index < -0.39 is 16.5 Å². The van der Waals surface area contributed by atoms with E-state index in [0.717, 1.165) is 32.1 Å². The Morgan fingerprint density at radius 1 is 1.04 bits per heavy atom. The molecule has 0 aromatic rings. The Labute approximate surface area is 144 Å². The first-order valence-corrected chi connectivity index (χ1v) is 9.49. The molecule has 4 saturated carbocycles. The number of rotatable bonds is 1. The first kappa shape index (κ1) is 16.5. The van der Waals surface area contributed by atoms with Crippen molar-refractivity contribution in [2.75, 3.05) is 0 Å². The van der Waals surface area contributed by atoms with Crippen LogP contribution in [0.5, 0.6) is 0 Å². The molecule has 4 fully saturated rings. The monoisotopic (exact) mass is 330 g/mol. The van der Waals surface area contributed by atoms with Gasteiger partial charge in [-0.3, -0.25) is 9.59 Å². The van der Waals surface area contributed by atoms with E-state index in [9.17, 15) is 9.59 Å². The fourth-order valence-electron chi connectivity index (χ4n) is 7.05. The van der Waals surface area contributed by atoms with E-state index in [1.165, 1.54) is 0 Å². The van der Waals surface area contributed by atoms with Gasteiger partial charge < -0.3 is 11.5 Å². The Morgan fingerprint density at radius 3 is 2.50 bits per heavy atom. The summed E-state index contributed by atoms with van der Waals surface area (Å²) in [5, 5.41) is 0. The maximum absolute atomic E-state index is 12.6. The summed E-state index contributed by atoms with van der Waals surface area (Å²) < 4.78 is 0. The molecule has 24 heavy (non-hydrogen) atoms. The number of nitrogens with two attached hydrogens (primary N) is 2. The molecule has 4 nitrogen and oxygen atoms in total. The van der Waals surface area contributed by atoms with Crippen molar-refractivity contribution < 1.29 is 9.59 Å². The number of fused-ring (bicyclic) bond motifs is 5. The minimum absolute atomic E-state index is 0.102. The van der Waals surface area contributed by atoms with Gasteiger partial charge in [-0.1, -0.05) is 13.0 Å². The lowest BCUT2D eigenvalue weighted by molar-refractivity contribution is -0.145. The summed E-state index contributed by atoms with van der Waals surface area (Å²) in [6, 6.07) is 0. The number of ketones is 2. The molecule has 4 N–H and O–H groups in total. The quantitative estimate of drug-likeness (QED) is 0.723. The Balaban J connectivity index is 1.78. The summed E-state index contributed by atoms with van der Waals surface area (Å²) in [5.41, 5.74) is 12.4. The highest BCUT2D eigenvalue weighted by molar-refractivity contribution is 5.89. The van der Waals surface area contributed by atoms with E-state index in [1.807, 2.05) is 13.0 Å². The normalized spacial score (nSPS) is 54.0. The molecule has 0 aliphatic heterocycles. The summed E-state index contributed by atoms with van der Waals surface area (Å²) in [6.45, 7) is 6.13. The average Bonchev–Trinajstić information content (AvgIpc) is 2.80. The fourth-order valence-corrected chi connectivity index (χ4v) is 7.05. The number of hydrogen-bond acceptors (Lipinski definition) is 4. The van der Waals surface area contributed by atoms with Crippen LogP contribution < -0.4 is 11.5 Å². The third-order valence-electron chi connectivity index (χ3n) is 8.69. The molecule has 0 bridgehead atoms. The van der Waals surface area contributed by atoms with Crippen molar-refractivity contribution in [3.8, 4) is 0 Å². The Morgan fingerprint density at radius 2 is 1.79 bits per heavy atom. The van der Waals surface area contributed by atoms with Crippen LogP contribution in [0.2, 0.25) is 0 Å². The minimum Gasteiger partial charge on any atom is -0.323 e. The summed E-state index contributed by atoms with van der Waals surface area (Å²) in [7, 11) is 0. The molecule has 0 radical (unpaired) electrons. The summed E-state index contributed by atoms with van der Waals surface area (Å²) >= 11 is 0. The molecule has 0 spiro atoms. The van der Waals surface area contributed by atoms with Gasteiger partial charge in [0.1, 0.15) is 11.6 Å². The zero-order valence-electron chi connectivity index (χ0n) is 14.8. The maximum Gasteiger partial charge on any atom is 0.140 e. The van der Waals surface area contributed by atoms with Gasteiger partial charge in [-0.15, -0.1) is 6.58 Å². The molecule has 2 unspecified atom stereocenters. The van der Waals surface area contributed by atoms with Crippen molar-refractivity contribution in [3.05, 3.63) is 12.7 Å². The highest BCUT2D eigenvalue weighted by Crippen LogP contribution is 2.65. The Bertz CT molecular complexity index is 631. The maximum atomic E-state index is 12.6. The highest BCUT2D eigenvalue weighted by atomic mass is 16.1. The number of hydrogen-bond donors (Lipinski definition) is 2. The van der Waals surface area contributed by atoms with Crippen LogP contribution in [0.25, 0.3) is 0 Å². The van der Waals surface area contributed by atoms with Gasteiger partial charge in [0.2, 0.25) is 0 Å². The van der Waals surface area contributed by atoms with Crippen molar-refractivity contribution in [2.24, 2.45) is 34.1 Å². The van der Waals surface area contributed by atoms with E-state index in [1.54, 1.807) is 0 Å². The molecule has 0 saturated heterocycles. The van der Waals surface area contributed by atoms with Gasteiger partial charge in [0.15, 0.2) is 0 Å². The predicted molar refractivity (Wildman–Crippen MR) is 93.1 cm³/mol. The average molecular weight is 330 g/mol. The molecule has 0 aromatic carbocycles. The van der Waals surface area contributed by atoms with Crippen molar-refractivity contribution in [1.29, 1.82) is 0 Å². The van der Waals surface area contributed by atoms with Crippen LogP contribution in [-0.2, 0) is 9.59 Å². The lowest BCUT2D eigenvalue weighted by Crippen LogP contribution is -2.79. The lowest BCUT2D eigenvalue weighted by atomic mass is 9.41. The molecule has 4 heteroatoms. The van der Waals surface area contributed by atoms with Crippen LogP contribution in [0, 0.1) is 22.7 Å². The minimum atomic E-state index is -0.602. The van der Waals surface area contributed by atoms with Crippen molar-refractivity contribution >= 4 is 11.6 Å². The third-order valence-corrected chi connectivity index (χ3v) is 8.69. The molecule has 4 rings (SSSR count). The van der Waals surface area contributed by atoms with Gasteiger partial charge in [-0.05, 0) is 55.8 Å². The van der Waals surface area contributed by atoms with E-state index in [4.69, 9.17) is 11.5 Å². The summed E-state index contributed by atoms with van der Waals surface area (Å²) in [4.78, 5) is 24.7. The van der Waals surface area contributed by atoms with Gasteiger partial charge in [0.05, 0.1) is 0 Å². The Hall–Kier alpha value is -1.00. The number of Topliss-reactive ketones (excluding diaryl/α,β-unsaturated/α-hetero) is 2. The molecule has 132 valence electrons. The zero-order chi connectivity index (χ0) is 17.4. The second-order valence-corrected chi connectivity index (χ2v) is 9.21. The van der Waals surface area contributed by atoms with Crippen LogP contribution in [0.1, 0.15) is 64.7 Å². The second-order valence-electron chi connectivity index (χ2n) is 9.21. The third kappa shape index (κ3) is 1.67. The SMILES string of the molecule is C=C[C@]12CC[C@@]3(N)[C@H](CC[C@]4(C)C(=O)CCC34N)C1CCC(=O)C2. The molecule has 6 atom stereocenters. The van der Waals surface area contributed by atoms with Crippen LogP contribution in [0.4, 0.5) is 0 Å². The van der Waals surface area contributed by atoms with Gasteiger partial charge in [0.25, 0.3) is 0 Å². The van der Waals surface area contributed by atoms with E-state index >= 15 is 0 Å². The molecule has 4 aliphatic carbocycles. The zero-order valence-corrected chi connectivity index (χ0v) is 14.8. The number of allylic oxidation sites excluding steroid dienone is 1. The molecule has 0 heterocycles. The van der Waals surface area contributed by atoms with Gasteiger partial charge in [0, 0.05) is 35.8 Å². The van der Waals surface area contributed by atoms with Crippen LogP contribution in [0.3, 0.4) is 0 Å². The van der Waals surface area contributed by atoms with Crippen LogP contribution >= 0.6 is 0 Å². The highest BCUT2D eigenvalue weighted by Gasteiger charge is 2.71. The van der Waals surface area contributed by atoms with E-state index in [2.05, 4.69) is 6.58 Å². The van der Waals surface area contributed by atoms with E-state index in [-0.39, 0.29) is 5.41 Å².